The number of nitrogens with one attached hydrogen (secondary N) is 2. The van der Waals surface area contributed by atoms with Gasteiger partial charge in [-0.3, -0.25) is 4.79 Å². The third-order valence-corrected chi connectivity index (χ3v) is 6.76. The van der Waals surface area contributed by atoms with E-state index in [-0.39, 0.29) is 18.1 Å². The molecule has 2 saturated heterocycles. The number of morpholine rings is 2. The van der Waals surface area contributed by atoms with Gasteiger partial charge in [-0.1, -0.05) is 6.92 Å². The van der Waals surface area contributed by atoms with E-state index < -0.39 is 11.8 Å². The van der Waals surface area contributed by atoms with E-state index in [1.165, 1.54) is 6.07 Å². The standard InChI is InChI=1S/C28H31FN6O4/c1-3-24-18(2)27(34-10-13-38-14-11-34)33-26(32-24)22-9-6-20(16-23(22)29)31-28(37)30-19-4-7-21(8-5-19)35-12-15-39-17-25(35)36/h4-9,16H,3,10-15,17H2,1-2H3,(H2,30,31,37). The quantitative estimate of drug-likeness (QED) is 0.492. The van der Waals surface area contributed by atoms with Gasteiger partial charge in [0, 0.05) is 48.0 Å². The Morgan fingerprint density at radius 3 is 2.36 bits per heavy atom. The predicted octanol–water partition coefficient (Wildman–Crippen LogP) is 4.00. The molecule has 11 heteroatoms. The Morgan fingerprint density at radius 2 is 1.67 bits per heavy atom. The highest BCUT2D eigenvalue weighted by Gasteiger charge is 2.21. The van der Waals surface area contributed by atoms with Crippen LogP contribution in [0.15, 0.2) is 42.5 Å². The van der Waals surface area contributed by atoms with Crippen molar-refractivity contribution in [3.8, 4) is 11.4 Å². The second-order valence-corrected chi connectivity index (χ2v) is 9.31. The van der Waals surface area contributed by atoms with Crippen LogP contribution in [-0.2, 0) is 20.7 Å². The number of benzene rings is 2. The van der Waals surface area contributed by atoms with E-state index in [1.54, 1.807) is 41.3 Å². The maximum Gasteiger partial charge on any atom is 0.323 e. The van der Waals surface area contributed by atoms with Gasteiger partial charge in [-0.15, -0.1) is 0 Å². The van der Waals surface area contributed by atoms with Gasteiger partial charge in [0.25, 0.3) is 5.91 Å². The molecule has 2 aliphatic rings. The Hall–Kier alpha value is -4.09. The Labute approximate surface area is 226 Å². The molecule has 0 bridgehead atoms. The minimum atomic E-state index is -0.536. The summed E-state index contributed by atoms with van der Waals surface area (Å²) in [6, 6.07) is 10.8. The molecule has 3 heterocycles. The number of nitrogens with zero attached hydrogens (tertiary/aromatic N) is 4. The van der Waals surface area contributed by atoms with Crippen molar-refractivity contribution in [1.29, 1.82) is 0 Å². The molecule has 0 spiro atoms. The first-order valence-electron chi connectivity index (χ1n) is 13.0. The van der Waals surface area contributed by atoms with Crippen LogP contribution < -0.4 is 20.4 Å². The summed E-state index contributed by atoms with van der Waals surface area (Å²) in [6.07, 6.45) is 0.698. The number of amides is 3. The van der Waals surface area contributed by atoms with Gasteiger partial charge in [0.05, 0.1) is 25.4 Å². The molecule has 3 amide bonds. The van der Waals surface area contributed by atoms with Crippen LogP contribution in [0.5, 0.6) is 0 Å². The van der Waals surface area contributed by atoms with E-state index >= 15 is 4.39 Å². The average Bonchev–Trinajstić information content (AvgIpc) is 2.95. The first kappa shape index (κ1) is 26.5. The van der Waals surface area contributed by atoms with Crippen molar-refractivity contribution in [3.05, 3.63) is 59.5 Å². The molecule has 2 aliphatic heterocycles. The smallest absolute Gasteiger partial charge is 0.323 e. The van der Waals surface area contributed by atoms with Crippen LogP contribution in [0.2, 0.25) is 0 Å². The van der Waals surface area contributed by atoms with Gasteiger partial charge in [-0.25, -0.2) is 19.2 Å². The van der Waals surface area contributed by atoms with Crippen molar-refractivity contribution in [2.45, 2.75) is 20.3 Å². The number of ether oxygens (including phenoxy) is 2. The lowest BCUT2D eigenvalue weighted by Crippen LogP contribution is -2.41. The maximum absolute atomic E-state index is 15.2. The first-order valence-corrected chi connectivity index (χ1v) is 13.0. The molecule has 3 aromatic rings. The highest BCUT2D eigenvalue weighted by atomic mass is 19.1. The summed E-state index contributed by atoms with van der Waals surface area (Å²) < 4.78 is 25.9. The van der Waals surface area contributed by atoms with Crippen LogP contribution >= 0.6 is 0 Å². The highest BCUT2D eigenvalue weighted by molar-refractivity contribution is 6.00. The third kappa shape index (κ3) is 5.99. The first-order chi connectivity index (χ1) is 18.9. The Balaban J connectivity index is 1.28. The van der Waals surface area contributed by atoms with Crippen molar-refractivity contribution in [2.24, 2.45) is 0 Å². The fourth-order valence-electron chi connectivity index (χ4n) is 4.68. The van der Waals surface area contributed by atoms with Gasteiger partial charge >= 0.3 is 6.03 Å². The van der Waals surface area contributed by atoms with Crippen LogP contribution in [0.4, 0.5) is 32.1 Å². The summed E-state index contributed by atoms with van der Waals surface area (Å²) in [5.41, 5.74) is 3.67. The largest absolute Gasteiger partial charge is 0.378 e. The fourth-order valence-corrected chi connectivity index (χ4v) is 4.68. The maximum atomic E-state index is 15.2. The summed E-state index contributed by atoms with van der Waals surface area (Å²) in [7, 11) is 0. The number of hydrogen-bond acceptors (Lipinski definition) is 7. The van der Waals surface area contributed by atoms with Gasteiger partial charge < -0.3 is 29.9 Å². The third-order valence-electron chi connectivity index (χ3n) is 6.76. The molecule has 2 N–H and O–H groups in total. The number of aromatic nitrogens is 2. The molecule has 2 aromatic carbocycles. The zero-order valence-corrected chi connectivity index (χ0v) is 22.0. The van der Waals surface area contributed by atoms with Crippen LogP contribution in [0.1, 0.15) is 18.2 Å². The molecule has 0 aliphatic carbocycles. The minimum Gasteiger partial charge on any atom is -0.378 e. The number of anilines is 4. The van der Waals surface area contributed by atoms with E-state index in [2.05, 4.69) is 20.5 Å². The number of urea groups is 1. The lowest BCUT2D eigenvalue weighted by Gasteiger charge is -2.29. The average molecular weight is 535 g/mol. The number of halogens is 1. The summed E-state index contributed by atoms with van der Waals surface area (Å²) in [6.45, 7) is 7.70. The lowest BCUT2D eigenvalue weighted by atomic mass is 10.1. The van der Waals surface area contributed by atoms with Gasteiger partial charge in [0.1, 0.15) is 18.2 Å². The minimum absolute atomic E-state index is 0.0581. The lowest BCUT2D eigenvalue weighted by molar-refractivity contribution is -0.125. The molecular formula is C28H31FN6O4. The fraction of sp³-hybridized carbons (Fsp3) is 0.357. The second kappa shape index (κ2) is 11.7. The number of aryl methyl sites for hydroxylation is 1. The molecule has 5 rings (SSSR count). The second-order valence-electron chi connectivity index (χ2n) is 9.31. The van der Waals surface area contributed by atoms with Crippen LogP contribution in [0, 0.1) is 12.7 Å². The topological polar surface area (TPSA) is 109 Å². The molecule has 10 nitrogen and oxygen atoms in total. The van der Waals surface area contributed by atoms with E-state index in [1.807, 2.05) is 13.8 Å². The Morgan fingerprint density at radius 1 is 0.974 bits per heavy atom. The zero-order chi connectivity index (χ0) is 27.4. The molecule has 0 atom stereocenters. The van der Waals surface area contributed by atoms with E-state index in [9.17, 15) is 9.59 Å². The van der Waals surface area contributed by atoms with Crippen LogP contribution in [0.25, 0.3) is 11.4 Å². The van der Waals surface area contributed by atoms with Gasteiger partial charge in [-0.05, 0) is 55.8 Å². The summed E-state index contributed by atoms with van der Waals surface area (Å²) >= 11 is 0. The monoisotopic (exact) mass is 534 g/mol. The Bertz CT molecular complexity index is 1360. The molecule has 0 unspecified atom stereocenters. The molecule has 0 radical (unpaired) electrons. The molecular weight excluding hydrogens is 503 g/mol. The van der Waals surface area contributed by atoms with Gasteiger partial charge in [0.2, 0.25) is 0 Å². The van der Waals surface area contributed by atoms with Gasteiger partial charge in [-0.2, -0.15) is 0 Å². The van der Waals surface area contributed by atoms with Crippen molar-refractivity contribution in [3.63, 3.8) is 0 Å². The van der Waals surface area contributed by atoms with E-state index in [0.717, 1.165) is 35.9 Å². The van der Waals surface area contributed by atoms with Crippen molar-refractivity contribution < 1.29 is 23.5 Å². The number of carbonyl (C=O) groups excluding carboxylic acids is 2. The predicted molar refractivity (Wildman–Crippen MR) is 147 cm³/mol. The number of carbonyl (C=O) groups is 2. The van der Waals surface area contributed by atoms with E-state index in [4.69, 9.17) is 14.5 Å². The molecule has 39 heavy (non-hydrogen) atoms. The summed E-state index contributed by atoms with van der Waals surface area (Å²) in [4.78, 5) is 37.7. The molecule has 1 aromatic heterocycles. The zero-order valence-electron chi connectivity index (χ0n) is 22.0. The SMILES string of the molecule is CCc1nc(-c2ccc(NC(=O)Nc3ccc(N4CCOCC4=O)cc3)cc2F)nc(N2CCOCC2)c1C. The van der Waals surface area contributed by atoms with Crippen molar-refractivity contribution in [2.75, 3.05) is 66.5 Å². The molecule has 204 valence electrons. The summed E-state index contributed by atoms with van der Waals surface area (Å²) in [5.74, 6) is 0.465. The van der Waals surface area contributed by atoms with Crippen molar-refractivity contribution >= 4 is 34.8 Å². The van der Waals surface area contributed by atoms with Crippen LogP contribution in [-0.4, -0.2) is 68.0 Å². The number of hydrogen-bond donors (Lipinski definition) is 2. The van der Waals surface area contributed by atoms with Crippen molar-refractivity contribution in [1.82, 2.24) is 9.97 Å². The highest BCUT2D eigenvalue weighted by Crippen LogP contribution is 2.29. The normalized spacial score (nSPS) is 15.8. The molecule has 0 saturated carbocycles. The van der Waals surface area contributed by atoms with E-state index in [0.29, 0.717) is 50.0 Å². The number of rotatable bonds is 6. The van der Waals surface area contributed by atoms with Crippen LogP contribution in [0.3, 0.4) is 0 Å². The Kier molecular flexibility index (Phi) is 7.99. The summed E-state index contributed by atoms with van der Waals surface area (Å²) in [5, 5.41) is 5.38. The van der Waals surface area contributed by atoms with Gasteiger partial charge in [0.15, 0.2) is 5.82 Å². The molecule has 2 fully saturated rings.